The maximum atomic E-state index is 12.8. The van der Waals surface area contributed by atoms with Gasteiger partial charge in [-0.1, -0.05) is 0 Å². The molecule has 0 bridgehead atoms. The minimum absolute atomic E-state index is 0.323. The average Bonchev–Trinajstić information content (AvgIpc) is 2.16. The molecule has 1 atom stereocenters. The maximum Gasteiger partial charge on any atom is 0.308 e. The molecule has 2 rings (SSSR count). The van der Waals surface area contributed by atoms with Crippen LogP contribution in [0.2, 0.25) is 0 Å². The molecule has 1 aromatic rings. The van der Waals surface area contributed by atoms with E-state index in [0.29, 0.717) is 13.0 Å². The van der Waals surface area contributed by atoms with Gasteiger partial charge in [-0.15, -0.1) is 0 Å². The second-order valence-electron chi connectivity index (χ2n) is 3.42. The van der Waals surface area contributed by atoms with Gasteiger partial charge in [0.05, 0.1) is 5.92 Å². The van der Waals surface area contributed by atoms with E-state index in [1.165, 1.54) is 12.1 Å². The zero-order valence-corrected chi connectivity index (χ0v) is 7.46. The lowest BCUT2D eigenvalue weighted by atomic mass is 9.94. The predicted octanol–water partition coefficient (Wildman–Crippen LogP) is 1.49. The molecule has 0 radical (unpaired) electrons. The number of carboxylic acids is 1. The lowest BCUT2D eigenvalue weighted by Crippen LogP contribution is -2.29. The Morgan fingerprint density at radius 2 is 2.36 bits per heavy atom. The monoisotopic (exact) mass is 195 g/mol. The van der Waals surface area contributed by atoms with Crippen molar-refractivity contribution in [1.82, 2.24) is 0 Å². The fourth-order valence-corrected chi connectivity index (χ4v) is 1.65. The minimum Gasteiger partial charge on any atom is -0.481 e. The Morgan fingerprint density at radius 1 is 1.57 bits per heavy atom. The summed E-state index contributed by atoms with van der Waals surface area (Å²) in [6.45, 7) is 0.411. The number of anilines is 1. The van der Waals surface area contributed by atoms with Crippen molar-refractivity contribution in [2.75, 3.05) is 11.9 Å². The van der Waals surface area contributed by atoms with Crippen LogP contribution >= 0.6 is 0 Å². The lowest BCUT2D eigenvalue weighted by Gasteiger charge is -2.23. The largest absolute Gasteiger partial charge is 0.481 e. The van der Waals surface area contributed by atoms with Gasteiger partial charge in [-0.05, 0) is 30.2 Å². The van der Waals surface area contributed by atoms with E-state index in [9.17, 15) is 9.18 Å². The average molecular weight is 195 g/mol. The van der Waals surface area contributed by atoms with E-state index < -0.39 is 11.9 Å². The molecule has 0 aromatic heterocycles. The molecule has 0 amide bonds. The third-order valence-electron chi connectivity index (χ3n) is 2.42. The van der Waals surface area contributed by atoms with Crippen LogP contribution in [0.25, 0.3) is 0 Å². The Balaban J connectivity index is 2.29. The summed E-state index contributed by atoms with van der Waals surface area (Å²) in [6, 6.07) is 4.40. The topological polar surface area (TPSA) is 49.3 Å². The number of hydrogen-bond acceptors (Lipinski definition) is 2. The van der Waals surface area contributed by atoms with Crippen LogP contribution in [-0.2, 0) is 11.2 Å². The quantitative estimate of drug-likeness (QED) is 0.713. The highest BCUT2D eigenvalue weighted by molar-refractivity contribution is 5.73. The van der Waals surface area contributed by atoms with Crippen molar-refractivity contribution in [3.63, 3.8) is 0 Å². The van der Waals surface area contributed by atoms with E-state index in [2.05, 4.69) is 5.32 Å². The standard InChI is InChI=1S/C10H10FNO2/c11-8-1-2-9-6(4-8)3-7(5-12-9)10(13)14/h1-2,4,7,12H,3,5H2,(H,13,14)/t7-/m0/s1. The zero-order valence-electron chi connectivity index (χ0n) is 7.46. The van der Waals surface area contributed by atoms with E-state index in [-0.39, 0.29) is 5.82 Å². The number of fused-ring (bicyclic) bond motifs is 1. The van der Waals surface area contributed by atoms with E-state index in [1.54, 1.807) is 6.07 Å². The minimum atomic E-state index is -0.840. The molecule has 1 aromatic carbocycles. The first-order valence-corrected chi connectivity index (χ1v) is 4.42. The molecule has 4 heteroatoms. The number of carboxylic acid groups (broad SMARTS) is 1. The molecule has 1 aliphatic heterocycles. The Labute approximate surface area is 80.6 Å². The maximum absolute atomic E-state index is 12.8. The number of hydrogen-bond donors (Lipinski definition) is 2. The van der Waals surface area contributed by atoms with Gasteiger partial charge in [0.25, 0.3) is 0 Å². The van der Waals surface area contributed by atoms with Crippen molar-refractivity contribution < 1.29 is 14.3 Å². The molecule has 2 N–H and O–H groups in total. The van der Waals surface area contributed by atoms with Crippen LogP contribution in [0.4, 0.5) is 10.1 Å². The predicted molar refractivity (Wildman–Crippen MR) is 49.7 cm³/mol. The number of rotatable bonds is 1. The van der Waals surface area contributed by atoms with Crippen molar-refractivity contribution in [1.29, 1.82) is 0 Å². The van der Waals surface area contributed by atoms with Gasteiger partial charge in [0.15, 0.2) is 0 Å². The summed E-state index contributed by atoms with van der Waals surface area (Å²) in [5, 5.41) is 11.8. The summed E-state index contributed by atoms with van der Waals surface area (Å²) < 4.78 is 12.8. The smallest absolute Gasteiger partial charge is 0.308 e. The molecule has 0 unspecified atom stereocenters. The van der Waals surface area contributed by atoms with Crippen molar-refractivity contribution in [3.05, 3.63) is 29.6 Å². The van der Waals surface area contributed by atoms with Gasteiger partial charge in [-0.3, -0.25) is 4.79 Å². The fourth-order valence-electron chi connectivity index (χ4n) is 1.65. The summed E-state index contributed by atoms with van der Waals surface area (Å²) in [4.78, 5) is 10.7. The second kappa shape index (κ2) is 3.29. The number of aliphatic carboxylic acids is 1. The van der Waals surface area contributed by atoms with Gasteiger partial charge < -0.3 is 10.4 Å². The van der Waals surface area contributed by atoms with Crippen molar-refractivity contribution in [2.45, 2.75) is 6.42 Å². The van der Waals surface area contributed by atoms with Crippen molar-refractivity contribution in [3.8, 4) is 0 Å². The van der Waals surface area contributed by atoms with Crippen LogP contribution < -0.4 is 5.32 Å². The second-order valence-corrected chi connectivity index (χ2v) is 3.42. The molecule has 14 heavy (non-hydrogen) atoms. The molecule has 74 valence electrons. The molecule has 0 saturated carbocycles. The summed E-state index contributed by atoms with van der Waals surface area (Å²) in [5.41, 5.74) is 1.58. The number of benzene rings is 1. The molecule has 0 spiro atoms. The number of carbonyl (C=O) groups is 1. The van der Waals surface area contributed by atoms with Crippen LogP contribution in [0, 0.1) is 11.7 Å². The van der Waals surface area contributed by atoms with Crippen molar-refractivity contribution >= 4 is 11.7 Å². The van der Waals surface area contributed by atoms with Crippen LogP contribution in [0.15, 0.2) is 18.2 Å². The third-order valence-corrected chi connectivity index (χ3v) is 2.42. The number of halogens is 1. The Morgan fingerprint density at radius 3 is 3.07 bits per heavy atom. The van der Waals surface area contributed by atoms with Gasteiger partial charge in [0, 0.05) is 12.2 Å². The highest BCUT2D eigenvalue weighted by Gasteiger charge is 2.23. The summed E-state index contributed by atoms with van der Waals surface area (Å²) in [7, 11) is 0. The van der Waals surface area contributed by atoms with Gasteiger partial charge >= 0.3 is 5.97 Å². The Bertz CT molecular complexity index is 378. The molecule has 1 heterocycles. The van der Waals surface area contributed by atoms with E-state index in [1.807, 2.05) is 0 Å². The highest BCUT2D eigenvalue weighted by Crippen LogP contribution is 2.25. The molecule has 0 fully saturated rings. The molecule has 1 aliphatic rings. The summed E-state index contributed by atoms with van der Waals surface area (Å²) >= 11 is 0. The molecule has 0 aliphatic carbocycles. The van der Waals surface area contributed by atoms with Gasteiger partial charge in [0.1, 0.15) is 5.82 Å². The van der Waals surface area contributed by atoms with Crippen LogP contribution in [0.1, 0.15) is 5.56 Å². The van der Waals surface area contributed by atoms with E-state index >= 15 is 0 Å². The van der Waals surface area contributed by atoms with Gasteiger partial charge in [-0.2, -0.15) is 0 Å². The van der Waals surface area contributed by atoms with E-state index in [0.717, 1.165) is 11.3 Å². The molecule has 3 nitrogen and oxygen atoms in total. The summed E-state index contributed by atoms with van der Waals surface area (Å²) in [6.07, 6.45) is 0.398. The van der Waals surface area contributed by atoms with Gasteiger partial charge in [-0.25, -0.2) is 4.39 Å². The number of nitrogens with one attached hydrogen (secondary N) is 1. The lowest BCUT2D eigenvalue weighted by molar-refractivity contribution is -0.141. The Kier molecular flexibility index (Phi) is 2.11. The summed E-state index contributed by atoms with van der Waals surface area (Å²) in [5.74, 6) is -1.62. The zero-order chi connectivity index (χ0) is 10.1. The van der Waals surface area contributed by atoms with Crippen LogP contribution in [0.3, 0.4) is 0 Å². The normalized spacial score (nSPS) is 19.6. The highest BCUT2D eigenvalue weighted by atomic mass is 19.1. The van der Waals surface area contributed by atoms with Gasteiger partial charge in [0.2, 0.25) is 0 Å². The van der Waals surface area contributed by atoms with E-state index in [4.69, 9.17) is 5.11 Å². The fraction of sp³-hybridized carbons (Fsp3) is 0.300. The Hall–Kier alpha value is -1.58. The first kappa shape index (κ1) is 8.99. The molecule has 0 saturated heterocycles. The third kappa shape index (κ3) is 1.55. The molecular weight excluding hydrogens is 185 g/mol. The van der Waals surface area contributed by atoms with Crippen LogP contribution in [-0.4, -0.2) is 17.6 Å². The first-order valence-electron chi connectivity index (χ1n) is 4.42. The SMILES string of the molecule is O=C(O)[C@@H]1CNc2ccc(F)cc2C1. The first-order chi connectivity index (χ1) is 6.66. The van der Waals surface area contributed by atoms with Crippen LogP contribution in [0.5, 0.6) is 0 Å². The van der Waals surface area contributed by atoms with Crippen molar-refractivity contribution in [2.24, 2.45) is 5.92 Å². The molecular formula is C10H10FNO2.